The first kappa shape index (κ1) is 29.5. The molecule has 0 aliphatic carbocycles. The number of benzene rings is 1. The Bertz CT molecular complexity index is 1400. The van der Waals surface area contributed by atoms with Crippen LogP contribution in [0.4, 0.5) is 13.2 Å². The number of halogens is 4. The normalized spacial score (nSPS) is 13.4. The number of aromatic nitrogens is 5. The van der Waals surface area contributed by atoms with E-state index in [4.69, 9.17) is 11.6 Å². The van der Waals surface area contributed by atoms with E-state index in [0.717, 1.165) is 41.8 Å². The Hall–Kier alpha value is -2.52. The predicted octanol–water partition coefficient (Wildman–Crippen LogP) is 9.07. The van der Waals surface area contributed by atoms with E-state index in [-0.39, 0.29) is 10.4 Å². The Balaban J connectivity index is 1.60. The molecular formula is C29H35ClF3N5S. The van der Waals surface area contributed by atoms with Crippen molar-refractivity contribution in [1.82, 2.24) is 24.1 Å². The lowest BCUT2D eigenvalue weighted by Crippen LogP contribution is -2.12. The van der Waals surface area contributed by atoms with Crippen LogP contribution in [0.2, 0.25) is 5.02 Å². The summed E-state index contributed by atoms with van der Waals surface area (Å²) in [5, 5.41) is 9.79. The van der Waals surface area contributed by atoms with Crippen molar-refractivity contribution in [3.05, 3.63) is 64.6 Å². The zero-order chi connectivity index (χ0) is 28.4. The largest absolute Gasteiger partial charge is 0.417 e. The quantitative estimate of drug-likeness (QED) is 0.139. The third-order valence-corrected chi connectivity index (χ3v) is 8.03. The third-order valence-electron chi connectivity index (χ3n) is 6.75. The Morgan fingerprint density at radius 3 is 2.36 bits per heavy atom. The molecule has 4 aromatic rings. The number of rotatable bonds is 10. The van der Waals surface area contributed by atoms with Crippen LogP contribution >= 0.6 is 23.4 Å². The number of hydrogen-bond acceptors (Lipinski definition) is 4. The van der Waals surface area contributed by atoms with Gasteiger partial charge in [-0.05, 0) is 29.4 Å². The van der Waals surface area contributed by atoms with Crippen molar-refractivity contribution < 1.29 is 13.2 Å². The zero-order valence-electron chi connectivity index (χ0n) is 23.0. The molecule has 1 aromatic carbocycles. The fourth-order valence-corrected chi connectivity index (χ4v) is 5.60. The molecule has 10 heteroatoms. The van der Waals surface area contributed by atoms with Crippen molar-refractivity contribution in [2.45, 2.75) is 89.3 Å². The Labute approximate surface area is 237 Å². The molecule has 3 heterocycles. The first-order valence-electron chi connectivity index (χ1n) is 13.3. The zero-order valence-corrected chi connectivity index (χ0v) is 24.6. The summed E-state index contributed by atoms with van der Waals surface area (Å²) in [6, 6.07) is 9.39. The highest BCUT2D eigenvalue weighted by molar-refractivity contribution is 7.98. The lowest BCUT2D eigenvalue weighted by Gasteiger charge is -2.19. The van der Waals surface area contributed by atoms with Gasteiger partial charge in [0.25, 0.3) is 0 Å². The fourth-order valence-electron chi connectivity index (χ4n) is 4.51. The Morgan fingerprint density at radius 2 is 1.72 bits per heavy atom. The molecule has 3 aromatic heterocycles. The number of alkyl halides is 3. The SMILES string of the molecule is CCCCCC(C)Cn1c(SCc2cn3cc(C(F)(F)F)cc(Cl)c3n2)nnc1-c1ccc(C(C)(C)C)cc1. The molecule has 210 valence electrons. The molecule has 1 unspecified atom stereocenters. The van der Waals surface area contributed by atoms with E-state index in [9.17, 15) is 13.2 Å². The van der Waals surface area contributed by atoms with E-state index in [1.54, 1.807) is 6.20 Å². The highest BCUT2D eigenvalue weighted by Crippen LogP contribution is 2.34. The summed E-state index contributed by atoms with van der Waals surface area (Å²) in [6.07, 6.45) is 2.81. The molecule has 0 aliphatic heterocycles. The van der Waals surface area contributed by atoms with Gasteiger partial charge in [-0.15, -0.1) is 10.2 Å². The van der Waals surface area contributed by atoms with Crippen LogP contribution in [-0.4, -0.2) is 24.1 Å². The molecule has 0 saturated heterocycles. The molecule has 5 nitrogen and oxygen atoms in total. The van der Waals surface area contributed by atoms with E-state index in [1.165, 1.54) is 41.0 Å². The summed E-state index contributed by atoms with van der Waals surface area (Å²) in [4.78, 5) is 4.47. The van der Waals surface area contributed by atoms with E-state index in [2.05, 4.69) is 78.6 Å². The van der Waals surface area contributed by atoms with Crippen molar-refractivity contribution in [2.24, 2.45) is 5.92 Å². The topological polar surface area (TPSA) is 48.0 Å². The van der Waals surface area contributed by atoms with Crippen LogP contribution in [0.15, 0.2) is 47.9 Å². The van der Waals surface area contributed by atoms with Crippen LogP contribution in [0.1, 0.15) is 77.1 Å². The number of fused-ring (bicyclic) bond motifs is 1. The van der Waals surface area contributed by atoms with Gasteiger partial charge in [0.15, 0.2) is 16.6 Å². The summed E-state index contributed by atoms with van der Waals surface area (Å²) in [5.74, 6) is 1.67. The number of imidazole rings is 1. The van der Waals surface area contributed by atoms with Gasteiger partial charge >= 0.3 is 6.18 Å². The van der Waals surface area contributed by atoms with Crippen molar-refractivity contribution in [2.75, 3.05) is 0 Å². The van der Waals surface area contributed by atoms with Crippen LogP contribution in [-0.2, 0) is 23.9 Å². The molecule has 0 N–H and O–H groups in total. The lowest BCUT2D eigenvalue weighted by molar-refractivity contribution is -0.137. The first-order chi connectivity index (χ1) is 18.4. The van der Waals surface area contributed by atoms with E-state index < -0.39 is 11.7 Å². The minimum atomic E-state index is -4.48. The van der Waals surface area contributed by atoms with Gasteiger partial charge in [-0.25, -0.2) is 4.98 Å². The van der Waals surface area contributed by atoms with Gasteiger partial charge in [0, 0.05) is 30.3 Å². The molecule has 0 saturated carbocycles. The smallest absolute Gasteiger partial charge is 0.305 e. The van der Waals surface area contributed by atoms with Crippen molar-refractivity contribution in [3.63, 3.8) is 0 Å². The fraction of sp³-hybridized carbons (Fsp3) is 0.483. The summed E-state index contributed by atoms with van der Waals surface area (Å²) in [7, 11) is 0. The maximum Gasteiger partial charge on any atom is 0.417 e. The maximum atomic E-state index is 13.2. The van der Waals surface area contributed by atoms with Crippen LogP contribution < -0.4 is 0 Å². The van der Waals surface area contributed by atoms with Crippen LogP contribution in [0.3, 0.4) is 0 Å². The minimum Gasteiger partial charge on any atom is -0.305 e. The van der Waals surface area contributed by atoms with Gasteiger partial charge in [0.1, 0.15) is 0 Å². The average Bonchev–Trinajstić information content (AvgIpc) is 3.46. The van der Waals surface area contributed by atoms with Gasteiger partial charge in [-0.1, -0.05) is 102 Å². The highest BCUT2D eigenvalue weighted by Gasteiger charge is 2.32. The molecule has 0 fully saturated rings. The molecule has 0 spiro atoms. The Morgan fingerprint density at radius 1 is 1.00 bits per heavy atom. The molecule has 0 aliphatic rings. The number of thioether (sulfide) groups is 1. The van der Waals surface area contributed by atoms with Gasteiger partial charge in [0.05, 0.1) is 16.3 Å². The molecule has 1 atom stereocenters. The predicted molar refractivity (Wildman–Crippen MR) is 152 cm³/mol. The molecule has 0 bridgehead atoms. The number of unbranched alkanes of at least 4 members (excludes halogenated alkanes) is 2. The maximum absolute atomic E-state index is 13.2. The monoisotopic (exact) mass is 577 g/mol. The summed E-state index contributed by atoms with van der Waals surface area (Å²) >= 11 is 7.60. The summed E-state index contributed by atoms with van der Waals surface area (Å²) in [6.45, 7) is 11.8. The lowest BCUT2D eigenvalue weighted by atomic mass is 9.86. The molecule has 4 rings (SSSR count). The van der Waals surface area contributed by atoms with Crippen molar-refractivity contribution in [3.8, 4) is 11.4 Å². The van der Waals surface area contributed by atoms with Gasteiger partial charge in [-0.3, -0.25) is 0 Å². The Kier molecular flexibility index (Phi) is 9.01. The van der Waals surface area contributed by atoms with E-state index in [1.807, 2.05) is 0 Å². The van der Waals surface area contributed by atoms with Crippen LogP contribution in [0.25, 0.3) is 17.0 Å². The van der Waals surface area contributed by atoms with Crippen LogP contribution in [0.5, 0.6) is 0 Å². The van der Waals surface area contributed by atoms with Crippen molar-refractivity contribution >= 4 is 29.0 Å². The minimum absolute atomic E-state index is 0.0360. The molecule has 0 amide bonds. The second-order valence-corrected chi connectivity index (χ2v) is 12.5. The molecule has 0 radical (unpaired) electrons. The average molecular weight is 578 g/mol. The molecule has 39 heavy (non-hydrogen) atoms. The summed E-state index contributed by atoms with van der Waals surface area (Å²) in [5.41, 5.74) is 2.41. The number of nitrogens with zero attached hydrogens (tertiary/aromatic N) is 5. The highest BCUT2D eigenvalue weighted by atomic mass is 35.5. The van der Waals surface area contributed by atoms with Gasteiger partial charge in [-0.2, -0.15) is 13.2 Å². The summed E-state index contributed by atoms with van der Waals surface area (Å²) < 4.78 is 43.2. The second-order valence-electron chi connectivity index (χ2n) is 11.2. The van der Waals surface area contributed by atoms with Gasteiger partial charge in [0.2, 0.25) is 0 Å². The number of pyridine rings is 1. The number of hydrogen-bond donors (Lipinski definition) is 0. The van der Waals surface area contributed by atoms with Gasteiger partial charge < -0.3 is 8.97 Å². The first-order valence-corrected chi connectivity index (χ1v) is 14.6. The van der Waals surface area contributed by atoms with Crippen LogP contribution in [0, 0.1) is 5.92 Å². The second kappa shape index (κ2) is 11.9. The third kappa shape index (κ3) is 7.17. The van der Waals surface area contributed by atoms with E-state index in [0.29, 0.717) is 23.0 Å². The molecular weight excluding hydrogens is 543 g/mol. The van der Waals surface area contributed by atoms with E-state index >= 15 is 0 Å². The van der Waals surface area contributed by atoms with Crippen molar-refractivity contribution in [1.29, 1.82) is 0 Å². The standard InChI is InChI=1S/C29H35ClF3N5S/c1-6-7-8-9-19(2)15-38-25(20-10-12-21(13-11-20)28(3,4)5)35-36-27(38)39-18-23-17-37-16-22(29(31,32)33)14-24(30)26(37)34-23/h10-14,16-17,19H,6-9,15,18H2,1-5H3.